The lowest BCUT2D eigenvalue weighted by Gasteiger charge is -2.29. The van der Waals surface area contributed by atoms with Gasteiger partial charge in [-0.15, -0.1) is 0 Å². The van der Waals surface area contributed by atoms with Gasteiger partial charge in [-0.1, -0.05) is 41.1 Å². The van der Waals surface area contributed by atoms with Gasteiger partial charge in [0.15, 0.2) is 5.41 Å². The van der Waals surface area contributed by atoms with Crippen LogP contribution < -0.4 is 0 Å². The Morgan fingerprint density at radius 3 is 1.95 bits per heavy atom. The molecule has 1 aromatic carbocycles. The van der Waals surface area contributed by atoms with E-state index in [-0.39, 0.29) is 19.6 Å². The second-order valence-corrected chi connectivity index (χ2v) is 5.03. The highest BCUT2D eigenvalue weighted by Crippen LogP contribution is 2.36. The number of rotatable bonds is 6. The van der Waals surface area contributed by atoms with Gasteiger partial charge >= 0.3 is 11.9 Å². The van der Waals surface area contributed by atoms with Crippen LogP contribution in [0.3, 0.4) is 0 Å². The van der Waals surface area contributed by atoms with E-state index in [1.807, 2.05) is 6.07 Å². The highest BCUT2D eigenvalue weighted by atomic mass is 79.9. The van der Waals surface area contributed by atoms with Gasteiger partial charge in [0.05, 0.1) is 13.2 Å². The molecular weight excluding hydrogens is 324 g/mol. The molecule has 0 unspecified atom stereocenters. The molecule has 0 aliphatic rings. The Bertz CT molecular complexity index is 467. The highest BCUT2D eigenvalue weighted by molar-refractivity contribution is 9.10. The number of hydrogen-bond donors (Lipinski definition) is 0. The minimum atomic E-state index is -1.42. The zero-order valence-corrected chi connectivity index (χ0v) is 13.5. The van der Waals surface area contributed by atoms with E-state index in [4.69, 9.17) is 9.47 Å². The molecule has 0 radical (unpaired) electrons. The Balaban J connectivity index is 3.42. The average Bonchev–Trinajstić information content (AvgIpc) is 2.43. The highest BCUT2D eigenvalue weighted by Gasteiger charge is 2.50. The lowest BCUT2D eigenvalue weighted by Crippen LogP contribution is -2.46. The number of carbonyl (C=O) groups excluding carboxylic acids is 2. The van der Waals surface area contributed by atoms with Crippen LogP contribution in [0.1, 0.15) is 32.8 Å². The van der Waals surface area contributed by atoms with Crippen LogP contribution in [-0.4, -0.2) is 25.2 Å². The lowest BCUT2D eigenvalue weighted by molar-refractivity contribution is -0.165. The minimum Gasteiger partial charge on any atom is -0.465 e. The molecular formula is C15H19BrO4. The first-order valence-corrected chi connectivity index (χ1v) is 7.43. The zero-order chi connectivity index (χ0) is 15.2. The van der Waals surface area contributed by atoms with Crippen molar-refractivity contribution >= 4 is 27.9 Å². The molecule has 0 N–H and O–H groups in total. The van der Waals surface area contributed by atoms with Crippen LogP contribution in [0.4, 0.5) is 0 Å². The van der Waals surface area contributed by atoms with Gasteiger partial charge in [0, 0.05) is 4.47 Å². The van der Waals surface area contributed by atoms with E-state index < -0.39 is 17.4 Å². The lowest BCUT2D eigenvalue weighted by atomic mass is 9.78. The molecule has 4 nitrogen and oxygen atoms in total. The standard InChI is InChI=1S/C15H19BrO4/c1-4-15(13(17)19-5-2,14(18)20-6-3)11-9-7-8-10-12(11)16/h7-10H,4-6H2,1-3H3. The fourth-order valence-corrected chi connectivity index (χ4v) is 2.72. The molecule has 1 aromatic rings. The molecule has 0 amide bonds. The Labute approximate surface area is 127 Å². The largest absolute Gasteiger partial charge is 0.465 e. The van der Waals surface area contributed by atoms with Gasteiger partial charge in [-0.05, 0) is 31.9 Å². The van der Waals surface area contributed by atoms with Crippen LogP contribution in [0, 0.1) is 0 Å². The maximum atomic E-state index is 12.4. The van der Waals surface area contributed by atoms with Crippen molar-refractivity contribution in [3.05, 3.63) is 34.3 Å². The van der Waals surface area contributed by atoms with Crippen LogP contribution >= 0.6 is 15.9 Å². The van der Waals surface area contributed by atoms with Crippen LogP contribution in [0.25, 0.3) is 0 Å². The van der Waals surface area contributed by atoms with Crippen molar-refractivity contribution in [3.8, 4) is 0 Å². The second kappa shape index (κ2) is 7.43. The van der Waals surface area contributed by atoms with Crippen molar-refractivity contribution in [2.24, 2.45) is 0 Å². The molecule has 0 fully saturated rings. The number of halogens is 1. The third kappa shape index (κ3) is 3.03. The fourth-order valence-electron chi connectivity index (χ4n) is 2.10. The summed E-state index contributed by atoms with van der Waals surface area (Å²) in [6, 6.07) is 7.13. The Kier molecular flexibility index (Phi) is 6.20. The third-order valence-corrected chi connectivity index (χ3v) is 3.80. The number of hydrogen-bond acceptors (Lipinski definition) is 4. The number of benzene rings is 1. The molecule has 0 atom stereocenters. The van der Waals surface area contributed by atoms with Gasteiger partial charge in [-0.2, -0.15) is 0 Å². The van der Waals surface area contributed by atoms with Crippen LogP contribution in [0.15, 0.2) is 28.7 Å². The summed E-state index contributed by atoms with van der Waals surface area (Å²) in [5.74, 6) is -1.15. The fraction of sp³-hybridized carbons (Fsp3) is 0.467. The number of esters is 2. The summed E-state index contributed by atoms with van der Waals surface area (Å²) in [6.07, 6.45) is 0.271. The summed E-state index contributed by atoms with van der Waals surface area (Å²) < 4.78 is 10.9. The molecule has 0 aliphatic heterocycles. The maximum Gasteiger partial charge on any atom is 0.328 e. The van der Waals surface area contributed by atoms with Crippen molar-refractivity contribution in [1.29, 1.82) is 0 Å². The molecule has 20 heavy (non-hydrogen) atoms. The topological polar surface area (TPSA) is 52.6 Å². The minimum absolute atomic E-state index is 0.213. The van der Waals surface area contributed by atoms with Crippen LogP contribution in [-0.2, 0) is 24.5 Å². The molecule has 0 saturated carbocycles. The third-order valence-electron chi connectivity index (χ3n) is 3.11. The van der Waals surface area contributed by atoms with Gasteiger partial charge < -0.3 is 9.47 Å². The first-order chi connectivity index (χ1) is 9.54. The predicted molar refractivity (Wildman–Crippen MR) is 79.4 cm³/mol. The van der Waals surface area contributed by atoms with Crippen molar-refractivity contribution in [3.63, 3.8) is 0 Å². The van der Waals surface area contributed by atoms with E-state index in [0.717, 1.165) is 0 Å². The molecule has 0 saturated heterocycles. The number of carbonyl (C=O) groups is 2. The van der Waals surface area contributed by atoms with Gasteiger partial charge in [0.25, 0.3) is 0 Å². The summed E-state index contributed by atoms with van der Waals surface area (Å²) in [6.45, 7) is 5.62. The summed E-state index contributed by atoms with van der Waals surface area (Å²) in [4.78, 5) is 24.8. The second-order valence-electron chi connectivity index (χ2n) is 4.18. The summed E-state index contributed by atoms with van der Waals surface area (Å²) >= 11 is 3.40. The van der Waals surface area contributed by atoms with Crippen LogP contribution in [0.2, 0.25) is 0 Å². The van der Waals surface area contributed by atoms with Gasteiger partial charge in [-0.25, -0.2) is 0 Å². The molecule has 0 heterocycles. The van der Waals surface area contributed by atoms with Gasteiger partial charge in [0.2, 0.25) is 0 Å². The summed E-state index contributed by atoms with van der Waals surface area (Å²) in [7, 11) is 0. The SMILES string of the molecule is CCOC(=O)C(CC)(C(=O)OCC)c1ccccc1Br. The van der Waals surface area contributed by atoms with Gasteiger partial charge in [-0.3, -0.25) is 9.59 Å². The van der Waals surface area contributed by atoms with Gasteiger partial charge in [0.1, 0.15) is 0 Å². The molecule has 0 aromatic heterocycles. The Morgan fingerprint density at radius 2 is 1.55 bits per heavy atom. The number of ether oxygens (including phenoxy) is 2. The predicted octanol–water partition coefficient (Wildman–Crippen LogP) is 3.22. The van der Waals surface area contributed by atoms with E-state index >= 15 is 0 Å². The quantitative estimate of drug-likeness (QED) is 0.588. The van der Waals surface area contributed by atoms with E-state index in [0.29, 0.717) is 10.0 Å². The first kappa shape index (κ1) is 16.7. The molecule has 5 heteroatoms. The molecule has 110 valence electrons. The van der Waals surface area contributed by atoms with Crippen LogP contribution in [0.5, 0.6) is 0 Å². The normalized spacial score (nSPS) is 11.0. The van der Waals surface area contributed by atoms with E-state index in [9.17, 15) is 9.59 Å². The molecule has 0 aliphatic carbocycles. The van der Waals surface area contributed by atoms with Crippen molar-refractivity contribution in [1.82, 2.24) is 0 Å². The Hall–Kier alpha value is -1.36. The molecule has 0 spiro atoms. The van der Waals surface area contributed by atoms with Crippen molar-refractivity contribution in [2.45, 2.75) is 32.6 Å². The summed E-state index contributed by atoms with van der Waals surface area (Å²) in [5, 5.41) is 0. The first-order valence-electron chi connectivity index (χ1n) is 6.64. The molecule has 1 rings (SSSR count). The maximum absolute atomic E-state index is 12.4. The van der Waals surface area contributed by atoms with Crippen molar-refractivity contribution in [2.75, 3.05) is 13.2 Å². The van der Waals surface area contributed by atoms with Crippen molar-refractivity contribution < 1.29 is 19.1 Å². The van der Waals surface area contributed by atoms with E-state index in [1.54, 1.807) is 39.0 Å². The zero-order valence-electron chi connectivity index (χ0n) is 11.9. The van der Waals surface area contributed by atoms with E-state index in [2.05, 4.69) is 15.9 Å². The average molecular weight is 343 g/mol. The smallest absolute Gasteiger partial charge is 0.328 e. The monoisotopic (exact) mass is 342 g/mol. The Morgan fingerprint density at radius 1 is 1.05 bits per heavy atom. The molecule has 0 bridgehead atoms. The van der Waals surface area contributed by atoms with E-state index in [1.165, 1.54) is 0 Å². The summed E-state index contributed by atoms with van der Waals surface area (Å²) in [5.41, 5.74) is -0.856.